The van der Waals surface area contributed by atoms with Crippen molar-refractivity contribution in [3.63, 3.8) is 0 Å². The van der Waals surface area contributed by atoms with E-state index in [1.165, 1.54) is 43.4 Å². The maximum atomic E-state index is 5.40. The summed E-state index contributed by atoms with van der Waals surface area (Å²) in [6.07, 6.45) is 0. The molecule has 49 heavy (non-hydrogen) atoms. The first-order valence-corrected chi connectivity index (χ1v) is 16.7. The molecule has 0 aliphatic heterocycles. The number of fused-ring (bicyclic) bond motifs is 8. The normalized spacial score (nSPS) is 11.7. The molecule has 10 rings (SSSR count). The van der Waals surface area contributed by atoms with Crippen LogP contribution in [0.1, 0.15) is 0 Å². The number of para-hydroxylation sites is 2. The smallest absolute Gasteiger partial charge is 0.165 e. The van der Waals surface area contributed by atoms with Gasteiger partial charge in [-0.1, -0.05) is 146 Å². The third-order valence-corrected chi connectivity index (χ3v) is 9.77. The summed E-state index contributed by atoms with van der Waals surface area (Å²) in [5.74, 6) is 0.820. The lowest BCUT2D eigenvalue weighted by atomic mass is 9.98. The van der Waals surface area contributed by atoms with Gasteiger partial charge in [-0.2, -0.15) is 0 Å². The molecule has 0 amide bonds. The molecule has 0 aliphatic rings. The molecule has 3 heteroatoms. The Hall–Kier alpha value is -6.58. The second-order valence-corrected chi connectivity index (χ2v) is 12.6. The average molecular weight is 624 g/mol. The van der Waals surface area contributed by atoms with Crippen LogP contribution in [-0.2, 0) is 0 Å². The summed E-state index contributed by atoms with van der Waals surface area (Å²) in [5.41, 5.74) is 10.5. The van der Waals surface area contributed by atoms with Crippen LogP contribution in [0.3, 0.4) is 0 Å². The molecular weight excluding hydrogens is 595 g/mol. The molecule has 0 unspecified atom stereocenters. The molecule has 0 N–H and O–H groups in total. The zero-order valence-electron chi connectivity index (χ0n) is 26.6. The summed E-state index contributed by atoms with van der Waals surface area (Å²) in [5, 5.41) is 7.37. The second-order valence-electron chi connectivity index (χ2n) is 12.6. The lowest BCUT2D eigenvalue weighted by Gasteiger charge is -2.15. The van der Waals surface area contributed by atoms with Gasteiger partial charge in [0.2, 0.25) is 0 Å². The van der Waals surface area contributed by atoms with Crippen molar-refractivity contribution in [2.75, 3.05) is 0 Å². The van der Waals surface area contributed by atoms with Crippen molar-refractivity contribution in [2.24, 2.45) is 0 Å². The van der Waals surface area contributed by atoms with E-state index >= 15 is 0 Å². The predicted octanol–water partition coefficient (Wildman–Crippen LogP) is 12.0. The minimum Gasteiger partial charge on any atom is -0.292 e. The summed E-state index contributed by atoms with van der Waals surface area (Å²) in [6.45, 7) is 0. The second kappa shape index (κ2) is 11.0. The molecule has 0 aliphatic carbocycles. The molecule has 0 fully saturated rings. The Morgan fingerprint density at radius 2 is 0.837 bits per heavy atom. The van der Waals surface area contributed by atoms with E-state index in [9.17, 15) is 0 Å². The van der Waals surface area contributed by atoms with E-state index in [0.717, 1.165) is 50.3 Å². The van der Waals surface area contributed by atoms with Crippen LogP contribution >= 0.6 is 0 Å². The van der Waals surface area contributed by atoms with Crippen molar-refractivity contribution in [2.45, 2.75) is 0 Å². The fraction of sp³-hybridized carbons (Fsp3) is 0. The van der Waals surface area contributed by atoms with Crippen LogP contribution < -0.4 is 0 Å². The van der Waals surface area contributed by atoms with Gasteiger partial charge in [0.15, 0.2) is 5.82 Å². The Morgan fingerprint density at radius 3 is 1.49 bits per heavy atom. The van der Waals surface area contributed by atoms with Gasteiger partial charge in [-0.05, 0) is 74.1 Å². The highest BCUT2D eigenvalue weighted by Crippen LogP contribution is 2.42. The van der Waals surface area contributed by atoms with Crippen molar-refractivity contribution in [3.8, 4) is 39.3 Å². The van der Waals surface area contributed by atoms with Crippen molar-refractivity contribution in [1.82, 2.24) is 14.5 Å². The molecule has 228 valence electrons. The summed E-state index contributed by atoms with van der Waals surface area (Å²) in [6, 6.07) is 62.5. The van der Waals surface area contributed by atoms with Gasteiger partial charge < -0.3 is 0 Å². The van der Waals surface area contributed by atoms with Crippen molar-refractivity contribution >= 4 is 54.4 Å². The Morgan fingerprint density at radius 1 is 0.347 bits per heavy atom. The molecule has 0 bridgehead atoms. The van der Waals surface area contributed by atoms with Crippen LogP contribution in [-0.4, -0.2) is 14.5 Å². The molecule has 2 heterocycles. The molecule has 0 spiro atoms. The van der Waals surface area contributed by atoms with Gasteiger partial charge in [-0.15, -0.1) is 0 Å². The number of aromatic nitrogens is 3. The predicted molar refractivity (Wildman–Crippen MR) is 205 cm³/mol. The van der Waals surface area contributed by atoms with E-state index < -0.39 is 0 Å². The molecule has 0 atom stereocenters. The highest BCUT2D eigenvalue weighted by molar-refractivity contribution is 6.28. The van der Waals surface area contributed by atoms with Crippen LogP contribution in [0.4, 0.5) is 0 Å². The first-order chi connectivity index (χ1) is 24.3. The lowest BCUT2D eigenvalue weighted by molar-refractivity contribution is 1.08. The Bertz CT molecular complexity index is 2770. The van der Waals surface area contributed by atoms with Crippen LogP contribution in [0.5, 0.6) is 0 Å². The van der Waals surface area contributed by atoms with Gasteiger partial charge >= 0.3 is 0 Å². The molecule has 2 aromatic heterocycles. The molecule has 3 nitrogen and oxygen atoms in total. The SMILES string of the molecule is c1ccc(-c2ccc(-c3cccc(-c4nc5ccccc5nc4-n4c5ccc6ccccc6c5c5c6ccccc6ccc54)c3)cc2)cc1. The Balaban J connectivity index is 1.24. The van der Waals surface area contributed by atoms with Gasteiger partial charge in [-0.25, -0.2) is 9.97 Å². The van der Waals surface area contributed by atoms with Crippen molar-refractivity contribution in [3.05, 3.63) is 176 Å². The van der Waals surface area contributed by atoms with Crippen molar-refractivity contribution in [1.29, 1.82) is 0 Å². The molecule has 0 saturated carbocycles. The fourth-order valence-electron chi connectivity index (χ4n) is 7.45. The minimum absolute atomic E-state index is 0.820. The first kappa shape index (κ1) is 27.5. The zero-order valence-corrected chi connectivity index (χ0v) is 26.6. The van der Waals surface area contributed by atoms with Crippen LogP contribution in [0.2, 0.25) is 0 Å². The first-order valence-electron chi connectivity index (χ1n) is 16.7. The van der Waals surface area contributed by atoms with E-state index in [1.807, 2.05) is 12.1 Å². The third kappa shape index (κ3) is 4.44. The minimum atomic E-state index is 0.820. The van der Waals surface area contributed by atoms with Crippen molar-refractivity contribution < 1.29 is 0 Å². The lowest BCUT2D eigenvalue weighted by Crippen LogP contribution is -2.03. The van der Waals surface area contributed by atoms with Crippen LogP contribution in [0, 0.1) is 0 Å². The maximum Gasteiger partial charge on any atom is 0.165 e. The van der Waals surface area contributed by atoms with Gasteiger partial charge in [-0.3, -0.25) is 4.57 Å². The standard InChI is InChI=1S/C46H29N3/c1-2-11-30(12-3-1)31-21-23-32(24-22-31)35-15-10-16-36(29-35)45-46(48-40-20-9-8-19-39(40)47-45)49-41-27-25-33-13-4-6-17-37(33)43(41)44-38-18-7-5-14-34(38)26-28-42(44)49/h1-29H. The summed E-state index contributed by atoms with van der Waals surface area (Å²) >= 11 is 0. The largest absolute Gasteiger partial charge is 0.292 e. The number of hydrogen-bond donors (Lipinski definition) is 0. The Kier molecular flexibility index (Phi) is 6.18. The molecule has 8 aromatic carbocycles. The topological polar surface area (TPSA) is 30.7 Å². The van der Waals surface area contributed by atoms with Gasteiger partial charge in [0.25, 0.3) is 0 Å². The zero-order chi connectivity index (χ0) is 32.3. The average Bonchev–Trinajstić information content (AvgIpc) is 3.53. The quantitative estimate of drug-likeness (QED) is 0.195. The van der Waals surface area contributed by atoms with Gasteiger partial charge in [0.1, 0.15) is 5.69 Å². The maximum absolute atomic E-state index is 5.40. The number of rotatable bonds is 4. The summed E-state index contributed by atoms with van der Waals surface area (Å²) in [4.78, 5) is 10.7. The molecule has 0 radical (unpaired) electrons. The summed E-state index contributed by atoms with van der Waals surface area (Å²) in [7, 11) is 0. The van der Waals surface area contributed by atoms with Gasteiger partial charge in [0, 0.05) is 16.3 Å². The Labute approximate surface area is 283 Å². The van der Waals surface area contributed by atoms with E-state index in [-0.39, 0.29) is 0 Å². The van der Waals surface area contributed by atoms with E-state index in [2.05, 4.69) is 168 Å². The van der Waals surface area contributed by atoms with Gasteiger partial charge in [0.05, 0.1) is 22.1 Å². The summed E-state index contributed by atoms with van der Waals surface area (Å²) < 4.78 is 2.33. The fourth-order valence-corrected chi connectivity index (χ4v) is 7.45. The van der Waals surface area contributed by atoms with E-state index in [0.29, 0.717) is 0 Å². The molecular formula is C46H29N3. The van der Waals surface area contributed by atoms with E-state index in [4.69, 9.17) is 9.97 Å². The number of nitrogens with zero attached hydrogens (tertiary/aromatic N) is 3. The van der Waals surface area contributed by atoms with E-state index in [1.54, 1.807) is 0 Å². The third-order valence-electron chi connectivity index (χ3n) is 9.77. The monoisotopic (exact) mass is 623 g/mol. The van der Waals surface area contributed by atoms with Crippen LogP contribution in [0.25, 0.3) is 93.7 Å². The number of benzene rings is 8. The molecule has 10 aromatic rings. The highest BCUT2D eigenvalue weighted by Gasteiger charge is 2.22. The highest BCUT2D eigenvalue weighted by atomic mass is 15.1. The number of hydrogen-bond acceptors (Lipinski definition) is 2. The van der Waals surface area contributed by atoms with Crippen LogP contribution in [0.15, 0.2) is 176 Å². The molecule has 0 saturated heterocycles.